The number of aromatic nitrogens is 2. The van der Waals surface area contributed by atoms with E-state index in [-0.39, 0.29) is 11.7 Å². The van der Waals surface area contributed by atoms with Gasteiger partial charge in [-0.15, -0.1) is 13.2 Å². The second-order valence-corrected chi connectivity index (χ2v) is 7.39. The molecule has 1 amide bonds. The number of rotatable bonds is 4. The van der Waals surface area contributed by atoms with Crippen LogP contribution in [0.25, 0.3) is 11.1 Å². The molecule has 1 aromatic heterocycles. The largest absolute Gasteiger partial charge is 0.573 e. The van der Waals surface area contributed by atoms with Gasteiger partial charge in [-0.1, -0.05) is 24.3 Å². The summed E-state index contributed by atoms with van der Waals surface area (Å²) in [4.78, 5) is 20.9. The lowest BCUT2D eigenvalue weighted by atomic mass is 9.72. The molecule has 2 aromatic carbocycles. The van der Waals surface area contributed by atoms with E-state index in [1.165, 1.54) is 24.5 Å². The lowest BCUT2D eigenvalue weighted by Gasteiger charge is -2.35. The zero-order valence-electron chi connectivity index (χ0n) is 16.0. The number of nitrogens with one attached hydrogen (secondary N) is 1. The van der Waals surface area contributed by atoms with Crippen molar-refractivity contribution in [2.75, 3.05) is 0 Å². The highest BCUT2D eigenvalue weighted by atomic mass is 19.4. The van der Waals surface area contributed by atoms with Crippen LogP contribution in [0.2, 0.25) is 0 Å². The van der Waals surface area contributed by atoms with E-state index in [1.54, 1.807) is 18.5 Å². The van der Waals surface area contributed by atoms with Gasteiger partial charge in [0.2, 0.25) is 5.91 Å². The quantitative estimate of drug-likeness (QED) is 0.697. The summed E-state index contributed by atoms with van der Waals surface area (Å²) in [6.07, 6.45) is 0.397. The maximum absolute atomic E-state index is 12.8. The van der Waals surface area contributed by atoms with Crippen molar-refractivity contribution in [3.05, 3.63) is 77.9 Å². The first-order valence-electron chi connectivity index (χ1n) is 9.26. The molecule has 0 radical (unpaired) electrons. The van der Waals surface area contributed by atoms with Crippen LogP contribution in [0.3, 0.4) is 0 Å². The zero-order valence-corrected chi connectivity index (χ0v) is 16.0. The summed E-state index contributed by atoms with van der Waals surface area (Å²) in [5, 5.41) is 2.92. The first kappa shape index (κ1) is 19.9. The molecule has 0 unspecified atom stereocenters. The topological polar surface area (TPSA) is 64.1 Å². The molecule has 154 valence electrons. The molecule has 0 spiro atoms. The SMILES string of the molecule is C[C@]1(Cc2cncnc2)C(=O)NCc2ccc(-c3cccc(OC(F)(F)F)c3)cc21. The van der Waals surface area contributed by atoms with Crippen LogP contribution in [-0.2, 0) is 23.2 Å². The van der Waals surface area contributed by atoms with Gasteiger partial charge in [0, 0.05) is 18.9 Å². The molecule has 5 nitrogen and oxygen atoms in total. The standard InChI is InChI=1S/C22H18F3N3O2/c1-21(9-14-10-26-13-27-11-14)19-8-16(5-6-17(19)12-28-20(21)29)15-3-2-4-18(7-15)30-22(23,24)25/h2-8,10-11,13H,9,12H2,1H3,(H,28,29)/t21-/m1/s1. The van der Waals surface area contributed by atoms with E-state index >= 15 is 0 Å². The number of carbonyl (C=O) groups excluding carboxylic acids is 1. The van der Waals surface area contributed by atoms with Crippen LogP contribution in [0.4, 0.5) is 13.2 Å². The highest BCUT2D eigenvalue weighted by molar-refractivity contribution is 5.90. The van der Waals surface area contributed by atoms with Crippen molar-refractivity contribution in [2.24, 2.45) is 0 Å². The third-order valence-electron chi connectivity index (χ3n) is 5.22. The zero-order chi connectivity index (χ0) is 21.4. The molecule has 2 heterocycles. The van der Waals surface area contributed by atoms with Gasteiger partial charge in [-0.05, 0) is 59.4 Å². The summed E-state index contributed by atoms with van der Waals surface area (Å²) < 4.78 is 41.8. The van der Waals surface area contributed by atoms with Crippen LogP contribution in [0, 0.1) is 0 Å². The van der Waals surface area contributed by atoms with Crippen molar-refractivity contribution in [1.82, 2.24) is 15.3 Å². The number of amides is 1. The molecule has 8 heteroatoms. The average Bonchev–Trinajstić information content (AvgIpc) is 2.71. The van der Waals surface area contributed by atoms with Gasteiger partial charge < -0.3 is 10.1 Å². The van der Waals surface area contributed by atoms with Crippen molar-refractivity contribution in [1.29, 1.82) is 0 Å². The summed E-state index contributed by atoms with van der Waals surface area (Å²) in [7, 11) is 0. The fourth-order valence-corrected chi connectivity index (χ4v) is 3.79. The summed E-state index contributed by atoms with van der Waals surface area (Å²) >= 11 is 0. The Morgan fingerprint density at radius 2 is 1.83 bits per heavy atom. The maximum Gasteiger partial charge on any atom is 0.573 e. The van der Waals surface area contributed by atoms with E-state index in [2.05, 4.69) is 20.0 Å². The van der Waals surface area contributed by atoms with Crippen molar-refractivity contribution in [3.8, 4) is 16.9 Å². The number of halogens is 3. The molecule has 30 heavy (non-hydrogen) atoms. The smallest absolute Gasteiger partial charge is 0.406 e. The minimum atomic E-state index is -4.76. The minimum Gasteiger partial charge on any atom is -0.406 e. The Labute approximate surface area is 170 Å². The first-order valence-corrected chi connectivity index (χ1v) is 9.26. The van der Waals surface area contributed by atoms with Crippen LogP contribution in [0.15, 0.2) is 61.2 Å². The minimum absolute atomic E-state index is 0.120. The van der Waals surface area contributed by atoms with Crippen molar-refractivity contribution < 1.29 is 22.7 Å². The number of ether oxygens (including phenoxy) is 1. The number of benzene rings is 2. The molecule has 4 rings (SSSR count). The maximum atomic E-state index is 12.8. The lowest BCUT2D eigenvalue weighted by molar-refractivity contribution is -0.274. The van der Waals surface area contributed by atoms with Gasteiger partial charge >= 0.3 is 6.36 Å². The molecule has 1 N–H and O–H groups in total. The Bertz CT molecular complexity index is 1090. The Hall–Kier alpha value is -3.42. The van der Waals surface area contributed by atoms with Crippen LogP contribution >= 0.6 is 0 Å². The van der Waals surface area contributed by atoms with E-state index in [0.29, 0.717) is 24.1 Å². The molecule has 1 aliphatic heterocycles. The summed E-state index contributed by atoms with van der Waals surface area (Å²) in [5.41, 5.74) is 3.00. The third kappa shape index (κ3) is 3.98. The summed E-state index contributed by atoms with van der Waals surface area (Å²) in [5.74, 6) is -0.412. The van der Waals surface area contributed by atoms with E-state index in [0.717, 1.165) is 16.7 Å². The molecule has 3 aromatic rings. The average molecular weight is 413 g/mol. The van der Waals surface area contributed by atoms with Crippen LogP contribution < -0.4 is 10.1 Å². The fraction of sp³-hybridized carbons (Fsp3) is 0.227. The molecular formula is C22H18F3N3O2. The predicted octanol–water partition coefficient (Wildman–Crippen LogP) is 4.17. The Morgan fingerprint density at radius 1 is 1.10 bits per heavy atom. The first-order chi connectivity index (χ1) is 14.2. The summed E-state index contributed by atoms with van der Waals surface area (Å²) in [6, 6.07) is 11.4. The van der Waals surface area contributed by atoms with Gasteiger partial charge in [-0.25, -0.2) is 9.97 Å². The molecule has 0 aliphatic carbocycles. The number of alkyl halides is 3. The highest BCUT2D eigenvalue weighted by Gasteiger charge is 2.40. The highest BCUT2D eigenvalue weighted by Crippen LogP contribution is 2.37. The number of hydrogen-bond donors (Lipinski definition) is 1. The van der Waals surface area contributed by atoms with Crippen molar-refractivity contribution in [3.63, 3.8) is 0 Å². The van der Waals surface area contributed by atoms with Crippen molar-refractivity contribution >= 4 is 5.91 Å². The van der Waals surface area contributed by atoms with E-state index in [1.807, 2.05) is 25.1 Å². The van der Waals surface area contributed by atoms with Gasteiger partial charge in [0.05, 0.1) is 5.41 Å². The van der Waals surface area contributed by atoms with Gasteiger partial charge in [-0.2, -0.15) is 0 Å². The number of hydrogen-bond acceptors (Lipinski definition) is 4. The van der Waals surface area contributed by atoms with E-state index in [9.17, 15) is 18.0 Å². The molecule has 0 fully saturated rings. The van der Waals surface area contributed by atoms with Crippen LogP contribution in [-0.4, -0.2) is 22.2 Å². The van der Waals surface area contributed by atoms with Gasteiger partial charge in [0.25, 0.3) is 0 Å². The molecule has 1 atom stereocenters. The second kappa shape index (κ2) is 7.44. The normalized spacial score (nSPS) is 18.5. The van der Waals surface area contributed by atoms with E-state index < -0.39 is 11.8 Å². The molecular weight excluding hydrogens is 395 g/mol. The summed E-state index contributed by atoms with van der Waals surface area (Å²) in [6.45, 7) is 2.24. The molecule has 1 aliphatic rings. The number of fused-ring (bicyclic) bond motifs is 1. The fourth-order valence-electron chi connectivity index (χ4n) is 3.79. The number of carbonyl (C=O) groups is 1. The molecule has 0 bridgehead atoms. The number of nitrogens with zero attached hydrogens (tertiary/aromatic N) is 2. The third-order valence-corrected chi connectivity index (χ3v) is 5.22. The van der Waals surface area contributed by atoms with Gasteiger partial charge in [-0.3, -0.25) is 4.79 Å². The Morgan fingerprint density at radius 3 is 2.57 bits per heavy atom. The van der Waals surface area contributed by atoms with Gasteiger partial charge in [0.15, 0.2) is 0 Å². The lowest BCUT2D eigenvalue weighted by Crippen LogP contribution is -2.48. The molecule has 0 saturated heterocycles. The monoisotopic (exact) mass is 413 g/mol. The van der Waals surface area contributed by atoms with Crippen LogP contribution in [0.1, 0.15) is 23.6 Å². The molecule has 0 saturated carbocycles. The predicted molar refractivity (Wildman–Crippen MR) is 103 cm³/mol. The van der Waals surface area contributed by atoms with E-state index in [4.69, 9.17) is 0 Å². The Balaban J connectivity index is 1.74. The Kier molecular flexibility index (Phi) is 4.93. The van der Waals surface area contributed by atoms with Gasteiger partial charge in [0.1, 0.15) is 12.1 Å². The second-order valence-electron chi connectivity index (χ2n) is 7.39. The van der Waals surface area contributed by atoms with Crippen LogP contribution in [0.5, 0.6) is 5.75 Å². The van der Waals surface area contributed by atoms with Crippen molar-refractivity contribution in [2.45, 2.75) is 31.7 Å².